The van der Waals surface area contributed by atoms with Crippen LogP contribution in [0, 0.1) is 0 Å². The number of hydrogen-bond acceptors (Lipinski definition) is 8. The summed E-state index contributed by atoms with van der Waals surface area (Å²) in [6.07, 6.45) is -2.45. The second-order valence-electron chi connectivity index (χ2n) is 6.90. The zero-order valence-electron chi connectivity index (χ0n) is 15.7. The Morgan fingerprint density at radius 2 is 1.93 bits per heavy atom. The first-order valence-corrected chi connectivity index (χ1v) is 9.78. The molecule has 0 radical (unpaired) electrons. The predicted octanol–water partition coefficient (Wildman–Crippen LogP) is -1.68. The summed E-state index contributed by atoms with van der Waals surface area (Å²) in [5, 5.41) is 48.6. The van der Waals surface area contributed by atoms with Gasteiger partial charge in [-0.2, -0.15) is 0 Å². The summed E-state index contributed by atoms with van der Waals surface area (Å²) < 4.78 is 0. The van der Waals surface area contributed by atoms with Crippen molar-refractivity contribution in [2.24, 2.45) is 0 Å². The molecule has 0 aromatic heterocycles. The highest BCUT2D eigenvalue weighted by atomic mass is 32.1. The van der Waals surface area contributed by atoms with Crippen LogP contribution < -0.4 is 0 Å². The second kappa shape index (κ2) is 11.2. The van der Waals surface area contributed by atoms with Gasteiger partial charge in [-0.3, -0.25) is 9.59 Å². The maximum absolute atomic E-state index is 12.7. The standard InChI is InChI=1S/C17H32N2O7S/c1-2-3-7-19(10-5-9-18-8-4-6-13(18)22)16(25)17(26,27)15(24)14(23)12(21)11-20/h12,14-15,20-21,23-24,26-27H,2-11H2,1H3. The number of nitrogens with zero attached hydrogens (tertiary/aromatic N) is 2. The van der Waals surface area contributed by atoms with Crippen LogP contribution in [0.25, 0.3) is 0 Å². The number of unbranched alkanes of at least 4 members (excludes halogenated alkanes) is 1. The number of carbonyl (C=O) groups is 2. The van der Waals surface area contributed by atoms with Gasteiger partial charge in [0.15, 0.2) is 0 Å². The third-order valence-corrected chi connectivity index (χ3v) is 5.18. The fraction of sp³-hybridized carbons (Fsp3) is 0.882. The molecule has 158 valence electrons. The summed E-state index contributed by atoms with van der Waals surface area (Å²) in [5.74, 6) is -0.813. The molecule has 0 spiro atoms. The summed E-state index contributed by atoms with van der Waals surface area (Å²) >= 11 is 3.83. The number of carbonyl (C=O) groups excluding carboxylic acids is 2. The van der Waals surface area contributed by atoms with Gasteiger partial charge in [-0.25, -0.2) is 0 Å². The molecule has 1 heterocycles. The highest BCUT2D eigenvalue weighted by molar-refractivity contribution is 7.82. The molecular weight excluding hydrogens is 376 g/mol. The van der Waals surface area contributed by atoms with Crippen LogP contribution in [0.15, 0.2) is 0 Å². The lowest BCUT2D eigenvalue weighted by molar-refractivity contribution is -0.164. The summed E-state index contributed by atoms with van der Waals surface area (Å²) in [7, 11) is 0. The Labute approximate surface area is 165 Å². The van der Waals surface area contributed by atoms with E-state index in [0.717, 1.165) is 12.8 Å². The highest BCUT2D eigenvalue weighted by Crippen LogP contribution is 2.24. The first-order valence-electron chi connectivity index (χ1n) is 9.33. The first-order chi connectivity index (χ1) is 12.7. The molecule has 0 aromatic rings. The van der Waals surface area contributed by atoms with E-state index in [0.29, 0.717) is 38.9 Å². The Balaban J connectivity index is 2.74. The molecule has 0 aliphatic carbocycles. The van der Waals surface area contributed by atoms with Gasteiger partial charge >= 0.3 is 0 Å². The van der Waals surface area contributed by atoms with E-state index in [-0.39, 0.29) is 12.5 Å². The lowest BCUT2D eigenvalue weighted by Crippen LogP contribution is -2.59. The van der Waals surface area contributed by atoms with Gasteiger partial charge in [0.1, 0.15) is 18.3 Å². The van der Waals surface area contributed by atoms with E-state index in [1.54, 1.807) is 4.90 Å². The first kappa shape index (κ1) is 24.1. The van der Waals surface area contributed by atoms with E-state index in [1.807, 2.05) is 6.92 Å². The number of aliphatic hydroxyl groups is 5. The summed E-state index contributed by atoms with van der Waals surface area (Å²) in [5.41, 5.74) is 0. The number of likely N-dealkylation sites (tertiary alicyclic amines) is 1. The topological polar surface area (TPSA) is 142 Å². The van der Waals surface area contributed by atoms with Crippen molar-refractivity contribution < 1.29 is 35.1 Å². The normalized spacial score (nSPS) is 20.3. The van der Waals surface area contributed by atoms with Crippen LogP contribution in [0.4, 0.5) is 0 Å². The summed E-state index contributed by atoms with van der Waals surface area (Å²) in [6.45, 7) is 2.85. The molecule has 1 aliphatic rings. The van der Waals surface area contributed by atoms with Crippen LogP contribution in [0.2, 0.25) is 0 Å². The van der Waals surface area contributed by atoms with Gasteiger partial charge in [0, 0.05) is 32.6 Å². The van der Waals surface area contributed by atoms with Crippen molar-refractivity contribution >= 4 is 24.4 Å². The van der Waals surface area contributed by atoms with Crippen molar-refractivity contribution in [2.45, 2.75) is 62.3 Å². The molecule has 1 fully saturated rings. The number of amides is 2. The van der Waals surface area contributed by atoms with E-state index in [1.165, 1.54) is 4.90 Å². The van der Waals surface area contributed by atoms with Crippen LogP contribution in [0.3, 0.4) is 0 Å². The lowest BCUT2D eigenvalue weighted by Gasteiger charge is -2.36. The average Bonchev–Trinajstić information content (AvgIpc) is 3.06. The van der Waals surface area contributed by atoms with E-state index >= 15 is 0 Å². The summed E-state index contributed by atoms with van der Waals surface area (Å²) in [4.78, 5) is 24.8. The number of thiol groups is 1. The average molecular weight is 409 g/mol. The Morgan fingerprint density at radius 3 is 2.44 bits per heavy atom. The quantitative estimate of drug-likeness (QED) is 0.167. The van der Waals surface area contributed by atoms with Crippen molar-refractivity contribution in [3.8, 4) is 0 Å². The Kier molecular flexibility index (Phi) is 9.99. The zero-order chi connectivity index (χ0) is 20.6. The fourth-order valence-electron chi connectivity index (χ4n) is 2.97. The van der Waals surface area contributed by atoms with E-state index < -0.39 is 35.8 Å². The van der Waals surface area contributed by atoms with E-state index in [4.69, 9.17) is 5.11 Å². The van der Waals surface area contributed by atoms with Crippen LogP contribution in [-0.2, 0) is 9.59 Å². The molecule has 1 rings (SSSR count). The molecule has 0 bridgehead atoms. The zero-order valence-corrected chi connectivity index (χ0v) is 16.6. The summed E-state index contributed by atoms with van der Waals surface area (Å²) in [6, 6.07) is 0. The maximum Gasteiger partial charge on any atom is 0.267 e. The van der Waals surface area contributed by atoms with Crippen molar-refractivity contribution in [3.05, 3.63) is 0 Å². The molecular formula is C17H32N2O7S. The predicted molar refractivity (Wildman–Crippen MR) is 101 cm³/mol. The maximum atomic E-state index is 12.7. The van der Waals surface area contributed by atoms with Crippen LogP contribution in [0.1, 0.15) is 39.0 Å². The minimum absolute atomic E-state index is 0.0867. The molecule has 4 unspecified atom stereocenters. The molecule has 1 aliphatic heterocycles. The minimum atomic E-state index is -2.63. The van der Waals surface area contributed by atoms with Gasteiger partial charge in [0.2, 0.25) is 10.8 Å². The molecule has 9 nitrogen and oxygen atoms in total. The van der Waals surface area contributed by atoms with Crippen molar-refractivity contribution in [3.63, 3.8) is 0 Å². The minimum Gasteiger partial charge on any atom is -0.394 e. The SMILES string of the molecule is CCCCN(CCCN1CCCC1=O)C(=O)C(O)(S)C(O)C(O)C(O)CO. The van der Waals surface area contributed by atoms with Crippen molar-refractivity contribution in [1.29, 1.82) is 0 Å². The third kappa shape index (κ3) is 6.58. The monoisotopic (exact) mass is 408 g/mol. The van der Waals surface area contributed by atoms with Crippen LogP contribution in [-0.4, -0.2) is 103 Å². The van der Waals surface area contributed by atoms with Gasteiger partial charge in [0.25, 0.3) is 5.91 Å². The number of aliphatic hydroxyl groups excluding tert-OH is 4. The smallest absolute Gasteiger partial charge is 0.267 e. The molecule has 5 N–H and O–H groups in total. The fourth-order valence-corrected chi connectivity index (χ4v) is 3.27. The van der Waals surface area contributed by atoms with Crippen molar-refractivity contribution in [1.82, 2.24) is 9.80 Å². The molecule has 0 aromatic carbocycles. The molecule has 1 saturated heterocycles. The number of hydrogen-bond donors (Lipinski definition) is 6. The van der Waals surface area contributed by atoms with Gasteiger partial charge < -0.3 is 35.3 Å². The Morgan fingerprint density at radius 1 is 1.30 bits per heavy atom. The van der Waals surface area contributed by atoms with Gasteiger partial charge in [-0.1, -0.05) is 13.3 Å². The lowest BCUT2D eigenvalue weighted by atomic mass is 10.0. The van der Waals surface area contributed by atoms with E-state index in [2.05, 4.69) is 12.6 Å². The Hall–Kier alpha value is -0.910. The molecule has 10 heteroatoms. The van der Waals surface area contributed by atoms with Crippen LogP contribution in [0.5, 0.6) is 0 Å². The Bertz CT molecular complexity index is 492. The van der Waals surface area contributed by atoms with Crippen LogP contribution >= 0.6 is 12.6 Å². The highest BCUT2D eigenvalue weighted by Gasteiger charge is 2.47. The van der Waals surface area contributed by atoms with Gasteiger partial charge in [0.05, 0.1) is 6.61 Å². The molecule has 0 saturated carbocycles. The molecule has 2 amide bonds. The van der Waals surface area contributed by atoms with Gasteiger partial charge in [-0.05, 0) is 19.3 Å². The second-order valence-corrected chi connectivity index (χ2v) is 7.58. The number of rotatable bonds is 12. The molecule has 27 heavy (non-hydrogen) atoms. The van der Waals surface area contributed by atoms with E-state index in [9.17, 15) is 30.0 Å². The van der Waals surface area contributed by atoms with Crippen molar-refractivity contribution in [2.75, 3.05) is 32.8 Å². The third-order valence-electron chi connectivity index (χ3n) is 4.73. The largest absolute Gasteiger partial charge is 0.394 e. The van der Waals surface area contributed by atoms with Gasteiger partial charge in [-0.15, -0.1) is 12.6 Å². The molecule has 4 atom stereocenters.